The number of hydrogen-bond acceptors (Lipinski definition) is 4. The smallest absolute Gasteiger partial charge is 0.253 e. The number of carbonyl (C=O) groups excluding carboxylic acids is 1. The van der Waals surface area contributed by atoms with Gasteiger partial charge in [0.2, 0.25) is 0 Å². The van der Waals surface area contributed by atoms with Gasteiger partial charge in [0.25, 0.3) is 5.91 Å². The van der Waals surface area contributed by atoms with Crippen molar-refractivity contribution in [3.05, 3.63) is 23.5 Å². The van der Waals surface area contributed by atoms with Gasteiger partial charge in [-0.25, -0.2) is 9.67 Å². The number of rotatable bonds is 7. The molecule has 0 radical (unpaired) electrons. The van der Waals surface area contributed by atoms with Gasteiger partial charge in [-0.15, -0.1) is 0 Å². The molecule has 0 fully saturated rings. The van der Waals surface area contributed by atoms with Crippen molar-refractivity contribution >= 4 is 16.9 Å². The third kappa shape index (κ3) is 3.62. The van der Waals surface area contributed by atoms with Crippen molar-refractivity contribution in [2.24, 2.45) is 0 Å². The highest BCUT2D eigenvalue weighted by Gasteiger charge is 2.14. The Morgan fingerprint density at radius 1 is 1.45 bits per heavy atom. The fourth-order valence-corrected chi connectivity index (χ4v) is 2.29. The lowest BCUT2D eigenvalue weighted by Crippen LogP contribution is -2.26. The Morgan fingerprint density at radius 2 is 2.23 bits per heavy atom. The predicted octanol–water partition coefficient (Wildman–Crippen LogP) is 2.48. The molecule has 0 spiro atoms. The van der Waals surface area contributed by atoms with E-state index < -0.39 is 0 Å². The summed E-state index contributed by atoms with van der Waals surface area (Å²) in [5, 5.41) is 8.13. The van der Waals surface area contributed by atoms with Gasteiger partial charge in [0.05, 0.1) is 17.5 Å². The molecule has 120 valence electrons. The maximum atomic E-state index is 12.3. The lowest BCUT2D eigenvalue weighted by molar-refractivity contribution is 0.0943. The number of ether oxygens (including phenoxy) is 1. The van der Waals surface area contributed by atoms with Gasteiger partial charge in [-0.05, 0) is 40.2 Å². The Kier molecular flexibility index (Phi) is 5.49. The number of nitrogens with zero attached hydrogens (tertiary/aromatic N) is 3. The summed E-state index contributed by atoms with van der Waals surface area (Å²) < 4.78 is 7.12. The average Bonchev–Trinajstić information content (AvgIpc) is 2.88. The maximum absolute atomic E-state index is 12.3. The van der Waals surface area contributed by atoms with Gasteiger partial charge in [-0.1, -0.05) is 0 Å². The molecule has 2 heterocycles. The van der Waals surface area contributed by atoms with Crippen molar-refractivity contribution in [1.82, 2.24) is 20.1 Å². The van der Waals surface area contributed by atoms with E-state index in [1.54, 1.807) is 6.20 Å². The van der Waals surface area contributed by atoms with Crippen LogP contribution in [0.2, 0.25) is 0 Å². The molecular formula is C16H24N4O2. The second-order valence-corrected chi connectivity index (χ2v) is 5.52. The molecule has 22 heavy (non-hydrogen) atoms. The van der Waals surface area contributed by atoms with Crippen LogP contribution in [0.3, 0.4) is 0 Å². The molecule has 0 bridgehead atoms. The lowest BCUT2D eigenvalue weighted by atomic mass is 10.1. The molecule has 6 heteroatoms. The molecule has 1 N–H and O–H groups in total. The number of nitrogens with one attached hydrogen (secondary N) is 1. The zero-order chi connectivity index (χ0) is 16.1. The zero-order valence-corrected chi connectivity index (χ0v) is 13.7. The number of carbonyl (C=O) groups is 1. The number of fused-ring (bicyclic) bond motifs is 1. The highest BCUT2D eigenvalue weighted by atomic mass is 16.5. The largest absolute Gasteiger partial charge is 0.382 e. The van der Waals surface area contributed by atoms with Crippen LogP contribution in [0.1, 0.15) is 49.3 Å². The Morgan fingerprint density at radius 3 is 2.91 bits per heavy atom. The summed E-state index contributed by atoms with van der Waals surface area (Å²) in [6.45, 7) is 9.89. The van der Waals surface area contributed by atoms with E-state index in [4.69, 9.17) is 4.74 Å². The van der Waals surface area contributed by atoms with Crippen molar-refractivity contribution in [2.45, 2.75) is 40.2 Å². The minimum atomic E-state index is -0.0966. The molecule has 0 atom stereocenters. The van der Waals surface area contributed by atoms with Crippen LogP contribution in [0.5, 0.6) is 0 Å². The molecule has 0 aliphatic rings. The van der Waals surface area contributed by atoms with Crippen LogP contribution in [0, 0.1) is 6.92 Å². The fraction of sp³-hybridized carbons (Fsp3) is 0.562. The Bertz CT molecular complexity index is 649. The van der Waals surface area contributed by atoms with E-state index in [1.807, 2.05) is 24.6 Å². The van der Waals surface area contributed by atoms with Crippen LogP contribution >= 0.6 is 0 Å². The highest BCUT2D eigenvalue weighted by Crippen LogP contribution is 2.19. The van der Waals surface area contributed by atoms with E-state index in [9.17, 15) is 4.79 Å². The van der Waals surface area contributed by atoms with Crippen molar-refractivity contribution < 1.29 is 9.53 Å². The molecular weight excluding hydrogens is 280 g/mol. The van der Waals surface area contributed by atoms with E-state index in [0.29, 0.717) is 25.3 Å². The molecule has 0 saturated heterocycles. The molecule has 0 aliphatic heterocycles. The number of pyridine rings is 1. The minimum absolute atomic E-state index is 0.0966. The van der Waals surface area contributed by atoms with Crippen LogP contribution in [-0.4, -0.2) is 40.4 Å². The van der Waals surface area contributed by atoms with Crippen LogP contribution < -0.4 is 5.32 Å². The Balaban J connectivity index is 2.11. The van der Waals surface area contributed by atoms with Crippen LogP contribution in [-0.2, 0) is 4.74 Å². The average molecular weight is 304 g/mol. The zero-order valence-electron chi connectivity index (χ0n) is 13.7. The van der Waals surface area contributed by atoms with Gasteiger partial charge in [0.15, 0.2) is 5.65 Å². The number of aryl methyl sites for hydroxylation is 1. The quantitative estimate of drug-likeness (QED) is 0.798. The van der Waals surface area contributed by atoms with Crippen molar-refractivity contribution in [3.63, 3.8) is 0 Å². The number of hydrogen-bond donors (Lipinski definition) is 1. The summed E-state index contributed by atoms with van der Waals surface area (Å²) in [6.07, 6.45) is 2.56. The lowest BCUT2D eigenvalue weighted by Gasteiger charge is -2.10. The second kappa shape index (κ2) is 7.35. The maximum Gasteiger partial charge on any atom is 0.253 e. The third-order valence-corrected chi connectivity index (χ3v) is 3.45. The van der Waals surface area contributed by atoms with Gasteiger partial charge in [0, 0.05) is 31.2 Å². The van der Waals surface area contributed by atoms with Crippen molar-refractivity contribution in [1.29, 1.82) is 0 Å². The van der Waals surface area contributed by atoms with Crippen LogP contribution in [0.4, 0.5) is 0 Å². The topological polar surface area (TPSA) is 69.0 Å². The summed E-state index contributed by atoms with van der Waals surface area (Å²) in [7, 11) is 0. The molecule has 0 aromatic carbocycles. The summed E-state index contributed by atoms with van der Waals surface area (Å²) in [5.41, 5.74) is 2.14. The van der Waals surface area contributed by atoms with Crippen LogP contribution in [0.15, 0.2) is 12.3 Å². The molecule has 0 saturated carbocycles. The van der Waals surface area contributed by atoms with Crippen molar-refractivity contribution in [2.75, 3.05) is 19.8 Å². The summed E-state index contributed by atoms with van der Waals surface area (Å²) in [4.78, 5) is 16.8. The van der Waals surface area contributed by atoms with E-state index in [2.05, 4.69) is 29.2 Å². The molecule has 2 rings (SSSR count). The summed E-state index contributed by atoms with van der Waals surface area (Å²) in [6, 6.07) is 2.10. The van der Waals surface area contributed by atoms with E-state index >= 15 is 0 Å². The third-order valence-electron chi connectivity index (χ3n) is 3.45. The monoisotopic (exact) mass is 304 g/mol. The first-order valence-electron chi connectivity index (χ1n) is 7.75. The normalized spacial score (nSPS) is 11.3. The Labute approximate surface area is 130 Å². The number of aromatic nitrogens is 3. The van der Waals surface area contributed by atoms with Gasteiger partial charge >= 0.3 is 0 Å². The SMILES string of the molecule is CCOCCCNC(=O)c1cc2cnn(C(C)C)c2nc1C. The fourth-order valence-electron chi connectivity index (χ4n) is 2.29. The number of amides is 1. The molecule has 0 aliphatic carbocycles. The minimum Gasteiger partial charge on any atom is -0.382 e. The summed E-state index contributed by atoms with van der Waals surface area (Å²) >= 11 is 0. The van der Waals surface area contributed by atoms with Gasteiger partial charge < -0.3 is 10.1 Å². The summed E-state index contributed by atoms with van der Waals surface area (Å²) in [5.74, 6) is -0.0966. The molecule has 0 unspecified atom stereocenters. The van der Waals surface area contributed by atoms with E-state index in [0.717, 1.165) is 23.1 Å². The van der Waals surface area contributed by atoms with Gasteiger partial charge in [-0.2, -0.15) is 5.10 Å². The van der Waals surface area contributed by atoms with E-state index in [-0.39, 0.29) is 11.9 Å². The van der Waals surface area contributed by atoms with Crippen LogP contribution in [0.25, 0.3) is 11.0 Å². The molecule has 1 amide bonds. The first kappa shape index (κ1) is 16.4. The second-order valence-electron chi connectivity index (χ2n) is 5.52. The molecule has 2 aromatic rings. The standard InChI is InChI=1S/C16H24N4O2/c1-5-22-8-6-7-17-16(21)14-9-13-10-18-20(11(2)3)15(13)19-12(14)4/h9-11H,5-8H2,1-4H3,(H,17,21). The highest BCUT2D eigenvalue weighted by molar-refractivity contribution is 5.98. The molecule has 2 aromatic heterocycles. The van der Waals surface area contributed by atoms with Crippen molar-refractivity contribution in [3.8, 4) is 0 Å². The first-order chi connectivity index (χ1) is 10.5. The molecule has 6 nitrogen and oxygen atoms in total. The van der Waals surface area contributed by atoms with Gasteiger partial charge in [0.1, 0.15) is 0 Å². The van der Waals surface area contributed by atoms with E-state index in [1.165, 1.54) is 0 Å². The first-order valence-corrected chi connectivity index (χ1v) is 7.75. The Hall–Kier alpha value is -1.95. The predicted molar refractivity (Wildman–Crippen MR) is 86.1 cm³/mol. The van der Waals surface area contributed by atoms with Gasteiger partial charge in [-0.3, -0.25) is 4.79 Å².